The fraction of sp³-hybridized carbons (Fsp3) is 0.786. The molecule has 1 aliphatic heterocycles. The Morgan fingerprint density at radius 3 is 2.72 bits per heavy atom. The van der Waals surface area contributed by atoms with Gasteiger partial charge in [0.25, 0.3) is 0 Å². The van der Waals surface area contributed by atoms with Crippen LogP contribution in [0.25, 0.3) is 0 Å². The predicted octanol–water partition coefficient (Wildman–Crippen LogP) is 2.62. The van der Waals surface area contributed by atoms with E-state index >= 15 is 0 Å². The Kier molecular flexibility index (Phi) is 5.15. The summed E-state index contributed by atoms with van der Waals surface area (Å²) < 4.78 is 0. The maximum absolute atomic E-state index is 5.99. The Morgan fingerprint density at radius 1 is 1.50 bits per heavy atom. The zero-order valence-corrected chi connectivity index (χ0v) is 12.4. The molecule has 1 unspecified atom stereocenters. The molecule has 0 aromatic carbocycles. The van der Waals surface area contributed by atoms with Crippen LogP contribution < -0.4 is 5.73 Å². The van der Waals surface area contributed by atoms with Gasteiger partial charge in [-0.2, -0.15) is 0 Å². The lowest BCUT2D eigenvalue weighted by Gasteiger charge is -2.34. The smallest absolute Gasteiger partial charge is 0.0974 e. The third-order valence-electron chi connectivity index (χ3n) is 3.95. The first-order valence-electron chi connectivity index (χ1n) is 7.09. The Balaban J connectivity index is 1.94. The minimum atomic E-state index is 0.479. The fourth-order valence-corrected chi connectivity index (χ4v) is 3.94. The van der Waals surface area contributed by atoms with Crippen LogP contribution in [-0.2, 0) is 0 Å². The quantitative estimate of drug-likeness (QED) is 0.891. The average molecular weight is 267 g/mol. The van der Waals surface area contributed by atoms with Gasteiger partial charge in [0, 0.05) is 23.5 Å². The molecular formula is C14H25N3S. The second-order valence-corrected chi connectivity index (χ2v) is 6.24. The molecule has 102 valence electrons. The highest BCUT2D eigenvalue weighted by atomic mass is 32.1. The summed E-state index contributed by atoms with van der Waals surface area (Å²) in [6, 6.07) is 0. The van der Waals surface area contributed by atoms with Crippen LogP contribution in [0.5, 0.6) is 0 Å². The molecule has 2 rings (SSSR count). The maximum atomic E-state index is 5.99. The van der Waals surface area contributed by atoms with Crippen LogP contribution in [0, 0.1) is 12.8 Å². The van der Waals surface area contributed by atoms with Gasteiger partial charge in [-0.05, 0) is 51.7 Å². The van der Waals surface area contributed by atoms with Gasteiger partial charge >= 0.3 is 0 Å². The molecule has 0 amide bonds. The van der Waals surface area contributed by atoms with Crippen molar-refractivity contribution in [1.82, 2.24) is 9.88 Å². The van der Waals surface area contributed by atoms with Crippen molar-refractivity contribution in [3.8, 4) is 0 Å². The number of nitrogens with two attached hydrogens (primary N) is 1. The number of rotatable bonds is 5. The zero-order valence-electron chi connectivity index (χ0n) is 11.6. The molecule has 2 N–H and O–H groups in total. The number of hydrogen-bond donors (Lipinski definition) is 1. The van der Waals surface area contributed by atoms with Gasteiger partial charge in [-0.15, -0.1) is 11.3 Å². The van der Waals surface area contributed by atoms with Crippen LogP contribution in [-0.4, -0.2) is 36.1 Å². The largest absolute Gasteiger partial charge is 0.330 e. The number of aromatic nitrogens is 1. The van der Waals surface area contributed by atoms with E-state index in [-0.39, 0.29) is 0 Å². The summed E-state index contributed by atoms with van der Waals surface area (Å²) in [5.41, 5.74) is 7.13. The number of aryl methyl sites for hydroxylation is 1. The van der Waals surface area contributed by atoms with Gasteiger partial charge in [-0.1, -0.05) is 6.92 Å². The van der Waals surface area contributed by atoms with Gasteiger partial charge in [-0.25, -0.2) is 4.98 Å². The van der Waals surface area contributed by atoms with Gasteiger partial charge in [0.15, 0.2) is 0 Å². The lowest BCUT2D eigenvalue weighted by Crippen LogP contribution is -2.37. The number of nitrogens with zero attached hydrogens (tertiary/aromatic N) is 2. The molecule has 1 aromatic rings. The monoisotopic (exact) mass is 267 g/mol. The maximum Gasteiger partial charge on any atom is 0.0974 e. The summed E-state index contributed by atoms with van der Waals surface area (Å²) in [6.45, 7) is 8.78. The Morgan fingerprint density at radius 2 is 2.22 bits per heavy atom. The van der Waals surface area contributed by atoms with E-state index in [4.69, 9.17) is 5.73 Å². The third-order valence-corrected chi connectivity index (χ3v) is 5.04. The molecule has 0 saturated carbocycles. The average Bonchev–Trinajstić information content (AvgIpc) is 2.79. The normalized spacial score (nSPS) is 20.2. The van der Waals surface area contributed by atoms with Crippen molar-refractivity contribution in [3.05, 3.63) is 16.1 Å². The van der Waals surface area contributed by atoms with Crippen molar-refractivity contribution in [2.24, 2.45) is 11.7 Å². The summed E-state index contributed by atoms with van der Waals surface area (Å²) in [6.07, 6.45) is 3.82. The molecule has 1 aliphatic rings. The SMILES string of the molecule is CCCN1CCC(C(CN)c2nc(C)cs2)CC1. The molecule has 0 bridgehead atoms. The molecule has 1 saturated heterocycles. The van der Waals surface area contributed by atoms with Crippen molar-refractivity contribution in [2.75, 3.05) is 26.2 Å². The molecule has 4 heteroatoms. The van der Waals surface area contributed by atoms with Crippen molar-refractivity contribution in [2.45, 2.75) is 39.0 Å². The van der Waals surface area contributed by atoms with Crippen molar-refractivity contribution in [1.29, 1.82) is 0 Å². The number of piperidine rings is 1. The molecule has 2 heterocycles. The second-order valence-electron chi connectivity index (χ2n) is 5.35. The Hall–Kier alpha value is -0.450. The van der Waals surface area contributed by atoms with E-state index in [1.54, 1.807) is 11.3 Å². The molecule has 1 fully saturated rings. The van der Waals surface area contributed by atoms with E-state index in [9.17, 15) is 0 Å². The summed E-state index contributed by atoms with van der Waals surface area (Å²) in [7, 11) is 0. The highest BCUT2D eigenvalue weighted by molar-refractivity contribution is 7.09. The third kappa shape index (κ3) is 3.31. The summed E-state index contributed by atoms with van der Waals surface area (Å²) in [5.74, 6) is 1.21. The highest BCUT2D eigenvalue weighted by Gasteiger charge is 2.28. The standard InChI is InChI=1S/C14H25N3S/c1-3-6-17-7-4-12(5-8-17)13(9-15)14-16-11(2)10-18-14/h10,12-13H,3-9,15H2,1-2H3. The summed E-state index contributed by atoms with van der Waals surface area (Å²) in [5, 5.41) is 3.40. The van der Waals surface area contributed by atoms with Crippen LogP contribution in [0.3, 0.4) is 0 Å². The summed E-state index contributed by atoms with van der Waals surface area (Å²) >= 11 is 1.78. The van der Waals surface area contributed by atoms with Crippen LogP contribution in [0.15, 0.2) is 5.38 Å². The van der Waals surface area contributed by atoms with Crippen LogP contribution >= 0.6 is 11.3 Å². The second kappa shape index (κ2) is 6.64. The minimum absolute atomic E-state index is 0.479. The lowest BCUT2D eigenvalue weighted by molar-refractivity contribution is 0.169. The lowest BCUT2D eigenvalue weighted by atomic mass is 9.84. The molecule has 0 aliphatic carbocycles. The topological polar surface area (TPSA) is 42.1 Å². The molecular weight excluding hydrogens is 242 g/mol. The van der Waals surface area contributed by atoms with Crippen LogP contribution in [0.1, 0.15) is 42.8 Å². The molecule has 1 aromatic heterocycles. The summed E-state index contributed by atoms with van der Waals surface area (Å²) in [4.78, 5) is 7.22. The number of thiazole rings is 1. The van der Waals surface area contributed by atoms with E-state index in [1.807, 2.05) is 0 Å². The first kappa shape index (κ1) is 14.0. The highest BCUT2D eigenvalue weighted by Crippen LogP contribution is 2.33. The Bertz CT molecular complexity index is 356. The first-order chi connectivity index (χ1) is 8.74. The molecule has 0 spiro atoms. The predicted molar refractivity (Wildman–Crippen MR) is 78.1 cm³/mol. The van der Waals surface area contributed by atoms with E-state index in [1.165, 1.54) is 43.9 Å². The van der Waals surface area contributed by atoms with E-state index in [0.29, 0.717) is 5.92 Å². The van der Waals surface area contributed by atoms with E-state index < -0.39 is 0 Å². The molecule has 0 radical (unpaired) electrons. The van der Waals surface area contributed by atoms with Crippen LogP contribution in [0.4, 0.5) is 0 Å². The molecule has 1 atom stereocenters. The van der Waals surface area contributed by atoms with Crippen molar-refractivity contribution in [3.63, 3.8) is 0 Å². The number of hydrogen-bond acceptors (Lipinski definition) is 4. The van der Waals surface area contributed by atoms with Crippen molar-refractivity contribution < 1.29 is 0 Å². The van der Waals surface area contributed by atoms with E-state index in [2.05, 4.69) is 29.1 Å². The fourth-order valence-electron chi connectivity index (χ4n) is 2.93. The first-order valence-corrected chi connectivity index (χ1v) is 7.97. The van der Waals surface area contributed by atoms with Gasteiger partial charge in [0.2, 0.25) is 0 Å². The Labute approximate surface area is 114 Å². The number of likely N-dealkylation sites (tertiary alicyclic amines) is 1. The van der Waals surface area contributed by atoms with Crippen LogP contribution in [0.2, 0.25) is 0 Å². The van der Waals surface area contributed by atoms with Gasteiger partial charge < -0.3 is 10.6 Å². The van der Waals surface area contributed by atoms with E-state index in [0.717, 1.165) is 18.2 Å². The van der Waals surface area contributed by atoms with Gasteiger partial charge in [0.05, 0.1) is 5.01 Å². The molecule has 3 nitrogen and oxygen atoms in total. The zero-order chi connectivity index (χ0) is 13.0. The van der Waals surface area contributed by atoms with Gasteiger partial charge in [-0.3, -0.25) is 0 Å². The van der Waals surface area contributed by atoms with Gasteiger partial charge in [0.1, 0.15) is 0 Å². The molecule has 18 heavy (non-hydrogen) atoms. The minimum Gasteiger partial charge on any atom is -0.330 e. The van der Waals surface area contributed by atoms with Crippen molar-refractivity contribution >= 4 is 11.3 Å².